The molecule has 0 saturated carbocycles. The second kappa shape index (κ2) is 16.1. The number of carbonyl (C=O) groups is 1. The summed E-state index contributed by atoms with van der Waals surface area (Å²) in [6.45, 7) is 2.25. The van der Waals surface area contributed by atoms with Crippen LogP contribution in [0.15, 0.2) is 28.9 Å². The molecule has 0 spiro atoms. The highest BCUT2D eigenvalue weighted by atomic mass is 16.4. The van der Waals surface area contributed by atoms with Gasteiger partial charge in [-0.15, -0.1) is 0 Å². The Kier molecular flexibility index (Phi) is 14.9. The van der Waals surface area contributed by atoms with Crippen LogP contribution in [-0.2, 0) is 4.79 Å². The van der Waals surface area contributed by atoms with E-state index in [0.29, 0.717) is 0 Å². The Balaban J connectivity index is 3.59. The van der Waals surface area contributed by atoms with Gasteiger partial charge in [0.25, 0.3) is 0 Å². The number of nitrogens with zero attached hydrogens (tertiary/aromatic N) is 1. The number of nitrogens with two attached hydrogens (primary N) is 2. The van der Waals surface area contributed by atoms with Crippen molar-refractivity contribution >= 4 is 11.9 Å². The second-order valence-corrected chi connectivity index (χ2v) is 6.15. The van der Waals surface area contributed by atoms with E-state index in [4.69, 9.17) is 16.6 Å². The van der Waals surface area contributed by atoms with Crippen LogP contribution in [0.5, 0.6) is 0 Å². The lowest BCUT2D eigenvalue weighted by atomic mass is 10.1. The van der Waals surface area contributed by atoms with Crippen molar-refractivity contribution in [1.82, 2.24) is 0 Å². The van der Waals surface area contributed by atoms with Crippen LogP contribution in [-0.4, -0.2) is 17.0 Å². The first-order valence-corrected chi connectivity index (χ1v) is 9.27. The molecule has 0 bridgehead atoms. The Hall–Kier alpha value is -1.78. The lowest BCUT2D eigenvalue weighted by Crippen LogP contribution is -2.23. The summed E-state index contributed by atoms with van der Waals surface area (Å²) in [5.41, 5.74) is 10.2. The number of hydrogen-bond acceptors (Lipinski definition) is 2. The number of allylic oxidation sites excluding steroid dienone is 3. The lowest BCUT2D eigenvalue weighted by Gasteiger charge is -2.01. The van der Waals surface area contributed by atoms with Crippen LogP contribution in [0.2, 0.25) is 0 Å². The number of guanidine groups is 1. The normalized spacial score (nSPS) is 11.8. The van der Waals surface area contributed by atoms with E-state index in [1.807, 2.05) is 6.08 Å². The van der Waals surface area contributed by atoms with E-state index < -0.39 is 5.97 Å². The van der Waals surface area contributed by atoms with Crippen molar-refractivity contribution in [2.24, 2.45) is 16.5 Å². The number of hydrogen-bond donors (Lipinski definition) is 3. The molecule has 0 radical (unpaired) electrons. The molecule has 5 N–H and O–H groups in total. The molecule has 0 atom stereocenters. The smallest absolute Gasteiger partial charge is 0.354 e. The number of aliphatic carboxylic acids is 1. The molecule has 0 aromatic carbocycles. The molecule has 0 heterocycles. The molecular formula is C19H35N3O2. The SMILES string of the molecule is CCCCCCCCCCCCCC=CC=C(N=C(N)N)C(=O)O. The van der Waals surface area contributed by atoms with Crippen LogP contribution in [0, 0.1) is 0 Å². The van der Waals surface area contributed by atoms with E-state index >= 15 is 0 Å². The molecule has 138 valence electrons. The van der Waals surface area contributed by atoms with Gasteiger partial charge < -0.3 is 16.6 Å². The average Bonchev–Trinajstić information content (AvgIpc) is 2.53. The van der Waals surface area contributed by atoms with E-state index in [-0.39, 0.29) is 11.7 Å². The molecule has 0 amide bonds. The molecule has 0 rings (SSSR count). The first-order chi connectivity index (χ1) is 11.6. The summed E-state index contributed by atoms with van der Waals surface area (Å²) >= 11 is 0. The molecule has 5 nitrogen and oxygen atoms in total. The van der Waals surface area contributed by atoms with Crippen molar-refractivity contribution in [2.75, 3.05) is 0 Å². The van der Waals surface area contributed by atoms with E-state index in [1.165, 1.54) is 70.3 Å². The largest absolute Gasteiger partial charge is 0.477 e. The van der Waals surface area contributed by atoms with Crippen molar-refractivity contribution in [3.05, 3.63) is 23.9 Å². The predicted molar refractivity (Wildman–Crippen MR) is 102 cm³/mol. The van der Waals surface area contributed by atoms with Gasteiger partial charge in [0.1, 0.15) is 0 Å². The monoisotopic (exact) mass is 337 g/mol. The van der Waals surface area contributed by atoms with Crippen molar-refractivity contribution in [2.45, 2.75) is 84.0 Å². The average molecular weight is 338 g/mol. The summed E-state index contributed by atoms with van der Waals surface area (Å²) in [6, 6.07) is 0. The molecule has 0 saturated heterocycles. The molecular weight excluding hydrogens is 302 g/mol. The lowest BCUT2D eigenvalue weighted by molar-refractivity contribution is -0.132. The molecule has 0 fully saturated rings. The molecule has 0 aliphatic carbocycles. The fraction of sp³-hybridized carbons (Fsp3) is 0.684. The maximum atomic E-state index is 10.9. The van der Waals surface area contributed by atoms with Gasteiger partial charge in [0.15, 0.2) is 11.7 Å². The van der Waals surface area contributed by atoms with E-state index in [2.05, 4.69) is 11.9 Å². The van der Waals surface area contributed by atoms with Crippen molar-refractivity contribution in [3.63, 3.8) is 0 Å². The van der Waals surface area contributed by atoms with Crippen LogP contribution in [0.1, 0.15) is 84.0 Å². The second-order valence-electron chi connectivity index (χ2n) is 6.15. The van der Waals surface area contributed by atoms with E-state index in [1.54, 1.807) is 6.08 Å². The van der Waals surface area contributed by atoms with Gasteiger partial charge in [0.05, 0.1) is 0 Å². The van der Waals surface area contributed by atoms with Gasteiger partial charge in [-0.2, -0.15) is 0 Å². The molecule has 0 aliphatic heterocycles. The van der Waals surface area contributed by atoms with E-state index in [9.17, 15) is 4.79 Å². The topological polar surface area (TPSA) is 102 Å². The van der Waals surface area contributed by atoms with Crippen molar-refractivity contribution in [1.29, 1.82) is 0 Å². The summed E-state index contributed by atoms with van der Waals surface area (Å²) in [4.78, 5) is 14.4. The van der Waals surface area contributed by atoms with Gasteiger partial charge in [0.2, 0.25) is 0 Å². The number of unbranched alkanes of at least 4 members (excludes halogenated alkanes) is 11. The van der Waals surface area contributed by atoms with Crippen molar-refractivity contribution < 1.29 is 9.90 Å². The van der Waals surface area contributed by atoms with Crippen LogP contribution >= 0.6 is 0 Å². The Morgan fingerprint density at radius 1 is 0.917 bits per heavy atom. The van der Waals surface area contributed by atoms with Gasteiger partial charge in [-0.1, -0.05) is 83.3 Å². The summed E-state index contributed by atoms with van der Waals surface area (Å²) in [5, 5.41) is 8.91. The zero-order chi connectivity index (χ0) is 18.0. The fourth-order valence-electron chi connectivity index (χ4n) is 2.48. The fourth-order valence-corrected chi connectivity index (χ4v) is 2.48. The third-order valence-corrected chi connectivity index (χ3v) is 3.83. The number of carboxylic acid groups (broad SMARTS) is 1. The Morgan fingerprint density at radius 2 is 1.42 bits per heavy atom. The zero-order valence-electron chi connectivity index (χ0n) is 15.2. The third-order valence-electron chi connectivity index (χ3n) is 3.83. The number of rotatable bonds is 15. The summed E-state index contributed by atoms with van der Waals surface area (Å²) in [5.74, 6) is -1.38. The van der Waals surface area contributed by atoms with E-state index in [0.717, 1.165) is 12.8 Å². The number of carboxylic acids is 1. The minimum atomic E-state index is -1.14. The zero-order valence-corrected chi connectivity index (χ0v) is 15.2. The van der Waals surface area contributed by atoms with Gasteiger partial charge in [0, 0.05) is 0 Å². The molecule has 0 unspecified atom stereocenters. The highest BCUT2D eigenvalue weighted by molar-refractivity contribution is 5.90. The quantitative estimate of drug-likeness (QED) is 0.135. The Bertz CT molecular complexity index is 411. The molecule has 0 aliphatic rings. The minimum Gasteiger partial charge on any atom is -0.477 e. The van der Waals surface area contributed by atoms with Gasteiger partial charge in [-0.25, -0.2) is 9.79 Å². The van der Waals surface area contributed by atoms with Crippen LogP contribution in [0.3, 0.4) is 0 Å². The predicted octanol–water partition coefficient (Wildman–Crippen LogP) is 4.49. The highest BCUT2D eigenvalue weighted by Gasteiger charge is 2.03. The summed E-state index contributed by atoms with van der Waals surface area (Å²) in [6.07, 6.45) is 20.6. The van der Waals surface area contributed by atoms with Gasteiger partial charge in [-0.05, 0) is 18.9 Å². The molecule has 0 aromatic heterocycles. The maximum Gasteiger partial charge on any atom is 0.354 e. The Morgan fingerprint density at radius 3 is 1.88 bits per heavy atom. The maximum absolute atomic E-state index is 10.9. The van der Waals surface area contributed by atoms with Crippen molar-refractivity contribution in [3.8, 4) is 0 Å². The molecule has 0 aromatic rings. The van der Waals surface area contributed by atoms with Crippen LogP contribution in [0.25, 0.3) is 0 Å². The Labute approximate surface area is 146 Å². The van der Waals surface area contributed by atoms with Crippen LogP contribution in [0.4, 0.5) is 0 Å². The third kappa shape index (κ3) is 15.1. The summed E-state index contributed by atoms with van der Waals surface area (Å²) in [7, 11) is 0. The van der Waals surface area contributed by atoms with Gasteiger partial charge in [-0.3, -0.25) is 0 Å². The first kappa shape index (κ1) is 22.2. The summed E-state index contributed by atoms with van der Waals surface area (Å²) < 4.78 is 0. The van der Waals surface area contributed by atoms with Crippen LogP contribution < -0.4 is 11.5 Å². The van der Waals surface area contributed by atoms with Gasteiger partial charge >= 0.3 is 5.97 Å². The minimum absolute atomic E-state index is 0.148. The first-order valence-electron chi connectivity index (χ1n) is 9.27. The standard InChI is InChI=1S/C19H35N3O2/c1-2-3-4-5-6-7-8-9-10-11-12-13-14-15-16-17(18(23)24)22-19(20)21/h14-16H,2-13H2,1H3,(H,23,24)(H4,20,21,22). The molecule has 5 heteroatoms. The highest BCUT2D eigenvalue weighted by Crippen LogP contribution is 2.12. The molecule has 24 heavy (non-hydrogen) atoms. The number of aliphatic imine (C=N–C) groups is 1.